The molecule has 0 amide bonds. The molecular formula is C33H34O5P. The van der Waals surface area contributed by atoms with Gasteiger partial charge in [0.05, 0.1) is 0 Å². The highest BCUT2D eigenvalue weighted by atomic mass is 31.2. The van der Waals surface area contributed by atoms with Crippen molar-refractivity contribution in [1.29, 1.82) is 0 Å². The molecule has 4 rings (SSSR count). The lowest BCUT2D eigenvalue weighted by Gasteiger charge is -2.27. The second-order valence-electron chi connectivity index (χ2n) is 8.95. The molecule has 39 heavy (non-hydrogen) atoms. The lowest BCUT2D eigenvalue weighted by atomic mass is 9.96. The molecule has 4 aromatic carbocycles. The first-order valence-electron chi connectivity index (χ1n) is 13.0. The Hall–Kier alpha value is -3.63. The van der Waals surface area contributed by atoms with E-state index in [9.17, 15) is 4.57 Å². The molecule has 1 radical (unpaired) electrons. The number of ether oxygens (including phenoxy) is 1. The fraction of sp³-hybridized carbons (Fsp3) is 0.182. The van der Waals surface area contributed by atoms with Gasteiger partial charge in [0.25, 0.3) is 0 Å². The first kappa shape index (κ1) is 28.4. The maximum atomic E-state index is 13.9. The van der Waals surface area contributed by atoms with Gasteiger partial charge >= 0.3 is 7.82 Å². The van der Waals surface area contributed by atoms with Crippen molar-refractivity contribution in [2.75, 3.05) is 7.11 Å². The molecule has 0 bridgehead atoms. The molecular weight excluding hydrogens is 507 g/mol. The predicted molar refractivity (Wildman–Crippen MR) is 156 cm³/mol. The Morgan fingerprint density at radius 3 is 1.59 bits per heavy atom. The van der Waals surface area contributed by atoms with Gasteiger partial charge in [-0.15, -0.1) is 0 Å². The summed E-state index contributed by atoms with van der Waals surface area (Å²) in [7, 11) is -2.49. The smallest absolute Gasteiger partial charge is 0.395 e. The number of unbranched alkanes of at least 4 members (excludes halogenated alkanes) is 1. The van der Waals surface area contributed by atoms with Gasteiger partial charge in [-0.25, -0.2) is 4.57 Å². The molecule has 201 valence electrons. The summed E-state index contributed by atoms with van der Waals surface area (Å²) in [4.78, 5) is 0. The molecule has 4 aromatic rings. The first-order valence-corrected chi connectivity index (χ1v) is 14.5. The summed E-state index contributed by atoms with van der Waals surface area (Å²) >= 11 is 0. The number of hydrogen-bond acceptors (Lipinski definition) is 5. The molecule has 1 atom stereocenters. The summed E-state index contributed by atoms with van der Waals surface area (Å²) in [6, 6.07) is 38.5. The minimum Gasteiger partial charge on any atom is -0.395 e. The van der Waals surface area contributed by atoms with Gasteiger partial charge in [0, 0.05) is 7.11 Å². The first-order chi connectivity index (χ1) is 19.1. The van der Waals surface area contributed by atoms with Gasteiger partial charge in [-0.05, 0) is 67.2 Å². The Balaban J connectivity index is 1.50. The predicted octanol–water partition coefficient (Wildman–Crippen LogP) is 9.14. The van der Waals surface area contributed by atoms with Crippen molar-refractivity contribution in [3.63, 3.8) is 0 Å². The third-order valence-corrected chi connectivity index (χ3v) is 7.52. The van der Waals surface area contributed by atoms with Crippen LogP contribution in [0.5, 0.6) is 11.5 Å². The van der Waals surface area contributed by atoms with Crippen molar-refractivity contribution in [1.82, 2.24) is 0 Å². The van der Waals surface area contributed by atoms with Crippen molar-refractivity contribution in [2.24, 2.45) is 0 Å². The quantitative estimate of drug-likeness (QED) is 0.118. The Kier molecular flexibility index (Phi) is 10.6. The SMILES string of the molecule is CO[C](C)C(CCCC=C(c1ccccc1)c1ccccc1)OP(=O)(Oc1ccccc1)Oc1ccccc1. The van der Waals surface area contributed by atoms with Crippen molar-refractivity contribution >= 4 is 13.4 Å². The zero-order valence-electron chi connectivity index (χ0n) is 22.3. The highest BCUT2D eigenvalue weighted by Crippen LogP contribution is 2.52. The number of para-hydroxylation sites is 2. The van der Waals surface area contributed by atoms with E-state index in [2.05, 4.69) is 30.3 Å². The maximum Gasteiger partial charge on any atom is 0.587 e. The van der Waals surface area contributed by atoms with Crippen molar-refractivity contribution in [3.8, 4) is 11.5 Å². The fourth-order valence-corrected chi connectivity index (χ4v) is 5.54. The van der Waals surface area contributed by atoms with Gasteiger partial charge in [0.1, 0.15) is 23.7 Å². The normalized spacial score (nSPS) is 12.1. The van der Waals surface area contributed by atoms with Crippen molar-refractivity contribution in [2.45, 2.75) is 32.3 Å². The zero-order chi connectivity index (χ0) is 27.3. The second-order valence-corrected chi connectivity index (χ2v) is 10.4. The summed E-state index contributed by atoms with van der Waals surface area (Å²) in [5.41, 5.74) is 3.49. The Labute approximate surface area is 231 Å². The van der Waals surface area contributed by atoms with Crippen LogP contribution in [0.4, 0.5) is 0 Å². The largest absolute Gasteiger partial charge is 0.587 e. The highest BCUT2D eigenvalue weighted by Gasteiger charge is 2.37. The van der Waals surface area contributed by atoms with E-state index in [0.29, 0.717) is 24.0 Å². The zero-order valence-corrected chi connectivity index (χ0v) is 23.2. The number of phosphoric acid groups is 1. The maximum absolute atomic E-state index is 13.9. The average Bonchev–Trinajstić information content (AvgIpc) is 2.98. The minimum absolute atomic E-state index is 0.392. The summed E-state index contributed by atoms with van der Waals surface area (Å²) in [6.07, 6.45) is 4.36. The van der Waals surface area contributed by atoms with Gasteiger partial charge in [0.2, 0.25) is 0 Å². The monoisotopic (exact) mass is 541 g/mol. The fourth-order valence-electron chi connectivity index (χ4n) is 4.09. The topological polar surface area (TPSA) is 54.0 Å². The summed E-state index contributed by atoms with van der Waals surface area (Å²) in [6.45, 7) is 1.81. The molecule has 0 saturated carbocycles. The van der Waals surface area contributed by atoms with Crippen LogP contribution >= 0.6 is 7.82 Å². The van der Waals surface area contributed by atoms with Crippen LogP contribution in [0.25, 0.3) is 5.57 Å². The molecule has 5 nitrogen and oxygen atoms in total. The molecule has 0 aliphatic carbocycles. The van der Waals surface area contributed by atoms with Gasteiger partial charge in [-0.3, -0.25) is 4.52 Å². The van der Waals surface area contributed by atoms with Crippen LogP contribution in [0.3, 0.4) is 0 Å². The van der Waals surface area contributed by atoms with E-state index in [1.165, 1.54) is 5.57 Å². The number of benzene rings is 4. The van der Waals surface area contributed by atoms with Crippen molar-refractivity contribution in [3.05, 3.63) is 145 Å². The molecule has 1 unspecified atom stereocenters. The van der Waals surface area contributed by atoms with E-state index in [0.717, 1.165) is 24.0 Å². The van der Waals surface area contributed by atoms with E-state index >= 15 is 0 Å². The Morgan fingerprint density at radius 1 is 0.718 bits per heavy atom. The number of methoxy groups -OCH3 is 1. The second kappa shape index (κ2) is 14.5. The van der Waals surface area contributed by atoms with Crippen LogP contribution in [-0.4, -0.2) is 13.2 Å². The van der Waals surface area contributed by atoms with Crippen LogP contribution in [-0.2, 0) is 13.8 Å². The third-order valence-electron chi connectivity index (χ3n) is 6.14. The van der Waals surface area contributed by atoms with Crippen molar-refractivity contribution < 1.29 is 22.9 Å². The molecule has 0 fully saturated rings. The van der Waals surface area contributed by atoms with Crippen LogP contribution in [0.15, 0.2) is 127 Å². The van der Waals surface area contributed by atoms with E-state index < -0.39 is 13.9 Å². The molecule has 0 N–H and O–H groups in total. The molecule has 0 heterocycles. The Morgan fingerprint density at radius 2 is 1.15 bits per heavy atom. The van der Waals surface area contributed by atoms with Crippen LogP contribution in [0.2, 0.25) is 0 Å². The van der Waals surface area contributed by atoms with Gasteiger partial charge in [-0.1, -0.05) is 103 Å². The Bertz CT molecular complexity index is 1240. The average molecular weight is 542 g/mol. The van der Waals surface area contributed by atoms with Gasteiger partial charge in [0.15, 0.2) is 0 Å². The minimum atomic E-state index is -4.07. The number of phosphoric ester groups is 1. The third kappa shape index (κ3) is 8.69. The molecule has 0 saturated heterocycles. The lowest BCUT2D eigenvalue weighted by Crippen LogP contribution is -2.23. The van der Waals surface area contributed by atoms with Gasteiger partial charge in [-0.2, -0.15) is 0 Å². The van der Waals surface area contributed by atoms with Gasteiger partial charge < -0.3 is 13.8 Å². The van der Waals surface area contributed by atoms with Crippen LogP contribution in [0, 0.1) is 6.10 Å². The molecule has 0 aliphatic heterocycles. The van der Waals surface area contributed by atoms with Crippen LogP contribution < -0.4 is 9.05 Å². The molecule has 6 heteroatoms. The summed E-state index contributed by atoms with van der Waals surface area (Å²) in [5, 5.41) is 0. The number of allylic oxidation sites excluding steroid dienone is 1. The van der Waals surface area contributed by atoms with E-state index in [1.807, 2.05) is 55.5 Å². The molecule has 0 aliphatic rings. The molecule has 0 aromatic heterocycles. The van der Waals surface area contributed by atoms with E-state index in [4.69, 9.17) is 18.3 Å². The number of hydrogen-bond donors (Lipinski definition) is 0. The van der Waals surface area contributed by atoms with Crippen LogP contribution in [0.1, 0.15) is 37.3 Å². The summed E-state index contributed by atoms with van der Waals surface area (Å²) in [5.74, 6) is 0.785. The highest BCUT2D eigenvalue weighted by molar-refractivity contribution is 7.49. The van der Waals surface area contributed by atoms with E-state index in [-0.39, 0.29) is 0 Å². The summed E-state index contributed by atoms with van der Waals surface area (Å²) < 4.78 is 37.2. The number of rotatable bonds is 14. The van der Waals surface area contributed by atoms with E-state index in [1.54, 1.807) is 55.6 Å². The standard InChI is InChI=1S/C33H34O5P/c1-27(35-2)33(26-16-15-25-32(28-17-7-3-8-18-28)29-19-9-4-10-20-29)38-39(34,36-30-21-11-5-12-22-30)37-31-23-13-6-14-24-31/h3-14,17-25,33H,15-16,26H2,1-2H3. The molecule has 0 spiro atoms. The lowest BCUT2D eigenvalue weighted by molar-refractivity contribution is 0.0637.